The lowest BCUT2D eigenvalue weighted by atomic mass is 10.1. The van der Waals surface area contributed by atoms with Gasteiger partial charge < -0.3 is 5.73 Å². The minimum absolute atomic E-state index is 0.0296. The van der Waals surface area contributed by atoms with Crippen LogP contribution in [0.2, 0.25) is 0 Å². The standard InChI is InChI=1S/C13H19NO3S/c1-11-4-6-12(7-5-11)13(15)10-18(16,17)9-3-2-8-14/h4-7H,2-3,8-10,14H2,1H3. The van der Waals surface area contributed by atoms with Crippen LogP contribution < -0.4 is 5.73 Å². The maximum atomic E-state index is 11.8. The maximum Gasteiger partial charge on any atom is 0.177 e. The molecule has 0 aliphatic rings. The van der Waals surface area contributed by atoms with E-state index in [2.05, 4.69) is 0 Å². The predicted molar refractivity (Wildman–Crippen MR) is 72.5 cm³/mol. The minimum atomic E-state index is -3.32. The first-order valence-corrected chi connectivity index (χ1v) is 7.77. The van der Waals surface area contributed by atoms with Crippen LogP contribution in [-0.4, -0.2) is 32.3 Å². The molecule has 0 fully saturated rings. The van der Waals surface area contributed by atoms with Crippen LogP contribution in [0, 0.1) is 6.92 Å². The molecule has 18 heavy (non-hydrogen) atoms. The first-order chi connectivity index (χ1) is 8.44. The average molecular weight is 269 g/mol. The van der Waals surface area contributed by atoms with Crippen LogP contribution in [0.4, 0.5) is 0 Å². The van der Waals surface area contributed by atoms with Gasteiger partial charge in [-0.05, 0) is 26.3 Å². The van der Waals surface area contributed by atoms with Crippen LogP contribution in [0.3, 0.4) is 0 Å². The number of nitrogens with two attached hydrogens (primary N) is 1. The largest absolute Gasteiger partial charge is 0.330 e. The van der Waals surface area contributed by atoms with Crippen molar-refractivity contribution in [3.05, 3.63) is 35.4 Å². The molecule has 2 N–H and O–H groups in total. The Balaban J connectivity index is 2.61. The van der Waals surface area contributed by atoms with E-state index in [1.807, 2.05) is 6.92 Å². The van der Waals surface area contributed by atoms with Gasteiger partial charge in [0, 0.05) is 5.56 Å². The van der Waals surface area contributed by atoms with E-state index in [9.17, 15) is 13.2 Å². The molecule has 0 atom stereocenters. The smallest absolute Gasteiger partial charge is 0.177 e. The van der Waals surface area contributed by atoms with Crippen LogP contribution in [0.15, 0.2) is 24.3 Å². The molecule has 0 unspecified atom stereocenters. The second-order valence-electron chi connectivity index (χ2n) is 4.38. The molecule has 0 saturated heterocycles. The second kappa shape index (κ2) is 6.66. The molecule has 4 nitrogen and oxygen atoms in total. The van der Waals surface area contributed by atoms with Gasteiger partial charge in [-0.2, -0.15) is 0 Å². The summed E-state index contributed by atoms with van der Waals surface area (Å²) in [6, 6.07) is 6.92. The van der Waals surface area contributed by atoms with Gasteiger partial charge in [0.25, 0.3) is 0 Å². The molecule has 0 saturated carbocycles. The Morgan fingerprint density at radius 3 is 2.33 bits per heavy atom. The Morgan fingerprint density at radius 1 is 1.17 bits per heavy atom. The van der Waals surface area contributed by atoms with E-state index in [4.69, 9.17) is 5.73 Å². The van der Waals surface area contributed by atoms with E-state index in [0.717, 1.165) is 5.56 Å². The quantitative estimate of drug-likeness (QED) is 0.598. The number of sulfone groups is 1. The highest BCUT2D eigenvalue weighted by molar-refractivity contribution is 7.92. The van der Waals surface area contributed by atoms with Crippen molar-refractivity contribution in [2.24, 2.45) is 5.73 Å². The summed E-state index contributed by atoms with van der Waals surface area (Å²) in [7, 11) is -3.32. The first kappa shape index (κ1) is 14.9. The zero-order chi connectivity index (χ0) is 13.6. The summed E-state index contributed by atoms with van der Waals surface area (Å²) in [5, 5.41) is 0. The molecular weight excluding hydrogens is 250 g/mol. The molecule has 0 radical (unpaired) electrons. The SMILES string of the molecule is Cc1ccc(C(=O)CS(=O)(=O)CCCCN)cc1. The zero-order valence-electron chi connectivity index (χ0n) is 10.6. The molecule has 0 spiro atoms. The Hall–Kier alpha value is -1.20. The van der Waals surface area contributed by atoms with Gasteiger partial charge in [0.1, 0.15) is 5.75 Å². The molecule has 0 aliphatic heterocycles. The summed E-state index contributed by atoms with van der Waals surface area (Å²) < 4.78 is 23.4. The monoisotopic (exact) mass is 269 g/mol. The summed E-state index contributed by atoms with van der Waals surface area (Å²) >= 11 is 0. The van der Waals surface area contributed by atoms with Gasteiger partial charge in [0.2, 0.25) is 0 Å². The van der Waals surface area contributed by atoms with Gasteiger partial charge in [-0.1, -0.05) is 29.8 Å². The highest BCUT2D eigenvalue weighted by Crippen LogP contribution is 2.07. The van der Waals surface area contributed by atoms with Crippen LogP contribution in [0.1, 0.15) is 28.8 Å². The fourth-order valence-corrected chi connectivity index (χ4v) is 2.92. The lowest BCUT2D eigenvalue weighted by molar-refractivity contribution is 0.102. The number of benzene rings is 1. The number of Topliss-reactive ketones (excluding diaryl/α,β-unsaturated/α-hetero) is 1. The summed E-state index contributed by atoms with van der Waals surface area (Å²) in [4.78, 5) is 11.8. The van der Waals surface area contributed by atoms with Crippen LogP contribution in [0.5, 0.6) is 0 Å². The molecule has 0 aliphatic carbocycles. The van der Waals surface area contributed by atoms with Crippen molar-refractivity contribution < 1.29 is 13.2 Å². The fraction of sp³-hybridized carbons (Fsp3) is 0.462. The molecule has 5 heteroatoms. The van der Waals surface area contributed by atoms with Crippen molar-refractivity contribution in [2.45, 2.75) is 19.8 Å². The summed E-state index contributed by atoms with van der Waals surface area (Å²) in [6.07, 6.45) is 1.18. The Kier molecular flexibility index (Phi) is 5.50. The number of aryl methyl sites for hydroxylation is 1. The van der Waals surface area contributed by atoms with Gasteiger partial charge in [0.05, 0.1) is 5.75 Å². The van der Waals surface area contributed by atoms with E-state index >= 15 is 0 Å². The van der Waals surface area contributed by atoms with E-state index in [1.165, 1.54) is 0 Å². The van der Waals surface area contributed by atoms with Crippen molar-refractivity contribution >= 4 is 15.6 Å². The number of rotatable bonds is 7. The van der Waals surface area contributed by atoms with Crippen LogP contribution in [-0.2, 0) is 9.84 Å². The van der Waals surface area contributed by atoms with Gasteiger partial charge >= 0.3 is 0 Å². The molecule has 0 bridgehead atoms. The topological polar surface area (TPSA) is 77.2 Å². The molecular formula is C13H19NO3S. The number of unbranched alkanes of at least 4 members (excludes halogenated alkanes) is 1. The average Bonchev–Trinajstić information content (AvgIpc) is 2.29. The third-order valence-corrected chi connectivity index (χ3v) is 4.25. The maximum absolute atomic E-state index is 11.8. The van der Waals surface area contributed by atoms with Gasteiger partial charge in [-0.15, -0.1) is 0 Å². The third kappa shape index (κ3) is 4.98. The fourth-order valence-electron chi connectivity index (χ4n) is 1.56. The van der Waals surface area contributed by atoms with Crippen LogP contribution >= 0.6 is 0 Å². The Labute approximate surface area is 108 Å². The van der Waals surface area contributed by atoms with E-state index < -0.39 is 15.6 Å². The molecule has 0 amide bonds. The lowest BCUT2D eigenvalue weighted by Gasteiger charge is -2.04. The second-order valence-corrected chi connectivity index (χ2v) is 6.56. The molecule has 100 valence electrons. The van der Waals surface area contributed by atoms with Gasteiger partial charge in [-0.25, -0.2) is 8.42 Å². The van der Waals surface area contributed by atoms with E-state index in [0.29, 0.717) is 24.9 Å². The predicted octanol–water partition coefficient (Wildman–Crippen LogP) is 1.33. The van der Waals surface area contributed by atoms with Crippen molar-refractivity contribution in [3.63, 3.8) is 0 Å². The number of carbonyl (C=O) groups excluding carboxylic acids is 1. The van der Waals surface area contributed by atoms with E-state index in [1.54, 1.807) is 24.3 Å². The highest BCUT2D eigenvalue weighted by Gasteiger charge is 2.17. The number of hydrogen-bond acceptors (Lipinski definition) is 4. The molecule has 1 rings (SSSR count). The summed E-state index contributed by atoms with van der Waals surface area (Å²) in [5.41, 5.74) is 6.79. The summed E-state index contributed by atoms with van der Waals surface area (Å²) in [6.45, 7) is 2.39. The zero-order valence-corrected chi connectivity index (χ0v) is 11.4. The van der Waals surface area contributed by atoms with E-state index in [-0.39, 0.29) is 11.5 Å². The lowest BCUT2D eigenvalue weighted by Crippen LogP contribution is -2.19. The van der Waals surface area contributed by atoms with Crippen LogP contribution in [0.25, 0.3) is 0 Å². The third-order valence-electron chi connectivity index (χ3n) is 2.63. The number of carbonyl (C=O) groups is 1. The molecule has 0 aromatic heterocycles. The normalized spacial score (nSPS) is 11.4. The Morgan fingerprint density at radius 2 is 1.78 bits per heavy atom. The van der Waals surface area contributed by atoms with Gasteiger partial charge in [0.15, 0.2) is 15.6 Å². The van der Waals surface area contributed by atoms with Crippen molar-refractivity contribution in [1.29, 1.82) is 0 Å². The highest BCUT2D eigenvalue weighted by atomic mass is 32.2. The summed E-state index contributed by atoms with van der Waals surface area (Å²) in [5.74, 6) is -0.731. The number of ketones is 1. The van der Waals surface area contributed by atoms with Gasteiger partial charge in [-0.3, -0.25) is 4.79 Å². The first-order valence-electron chi connectivity index (χ1n) is 5.95. The number of hydrogen-bond donors (Lipinski definition) is 1. The van der Waals surface area contributed by atoms with Crippen molar-refractivity contribution in [1.82, 2.24) is 0 Å². The minimum Gasteiger partial charge on any atom is -0.330 e. The van der Waals surface area contributed by atoms with Crippen molar-refractivity contribution in [3.8, 4) is 0 Å². The molecule has 0 heterocycles. The molecule has 1 aromatic rings. The molecule has 1 aromatic carbocycles. The Bertz CT molecular complexity index is 491. The van der Waals surface area contributed by atoms with Crippen molar-refractivity contribution in [2.75, 3.05) is 18.1 Å².